The maximum atomic E-state index is 3.44. The predicted octanol–water partition coefficient (Wildman–Crippen LogP) is 5.34. The molecule has 2 aliphatic carbocycles. The molecule has 140 valence electrons. The number of nitrogens with one attached hydrogen (secondary N) is 2. The third-order valence-electron chi connectivity index (χ3n) is 5.82. The van der Waals surface area contributed by atoms with Gasteiger partial charge < -0.3 is 10.6 Å². The summed E-state index contributed by atoms with van der Waals surface area (Å²) in [4.78, 5) is 0. The van der Waals surface area contributed by atoms with Crippen molar-refractivity contribution in [2.24, 2.45) is 29.1 Å². The molecule has 4 rings (SSSR count). The maximum Gasteiger partial charge on any atom is -0.00150 e. The van der Waals surface area contributed by atoms with Gasteiger partial charge in [0.25, 0.3) is 0 Å². The van der Waals surface area contributed by atoms with Gasteiger partial charge in [0, 0.05) is 0 Å². The molecule has 0 amide bonds. The van der Waals surface area contributed by atoms with Crippen molar-refractivity contribution in [3.8, 4) is 0 Å². The Hall–Kier alpha value is -0.0800. The third-order valence-corrected chi connectivity index (χ3v) is 5.82. The van der Waals surface area contributed by atoms with E-state index in [1.807, 2.05) is 41.5 Å². The number of rotatable bonds is 1. The van der Waals surface area contributed by atoms with E-state index in [0.717, 1.165) is 29.1 Å². The quantitative estimate of drug-likeness (QED) is 0.680. The van der Waals surface area contributed by atoms with E-state index >= 15 is 0 Å². The molecular weight excluding hydrogens is 280 g/mol. The topological polar surface area (TPSA) is 24.1 Å². The highest BCUT2D eigenvalue weighted by molar-refractivity contribution is 5.02. The van der Waals surface area contributed by atoms with Crippen molar-refractivity contribution in [3.63, 3.8) is 0 Å². The molecule has 0 aromatic rings. The minimum absolute atomic E-state index is 0.783. The summed E-state index contributed by atoms with van der Waals surface area (Å²) < 4.78 is 0. The Labute approximate surface area is 147 Å². The number of hydrogen-bond acceptors (Lipinski definition) is 2. The molecule has 0 radical (unpaired) electrons. The van der Waals surface area contributed by atoms with Gasteiger partial charge in [0.05, 0.1) is 0 Å². The van der Waals surface area contributed by atoms with Crippen molar-refractivity contribution in [2.75, 3.05) is 26.2 Å². The second-order valence-electron chi connectivity index (χ2n) is 6.90. The van der Waals surface area contributed by atoms with Crippen LogP contribution in [0.2, 0.25) is 0 Å². The van der Waals surface area contributed by atoms with Crippen LogP contribution in [-0.2, 0) is 0 Å². The van der Waals surface area contributed by atoms with E-state index in [0.29, 0.717) is 0 Å². The first kappa shape index (κ1) is 22.9. The molecule has 3 unspecified atom stereocenters. The van der Waals surface area contributed by atoms with Gasteiger partial charge in [-0.25, -0.2) is 0 Å². The smallest absolute Gasteiger partial charge is 0.00150 e. The zero-order valence-corrected chi connectivity index (χ0v) is 17.5. The molecule has 2 N–H and O–H groups in total. The summed E-state index contributed by atoms with van der Waals surface area (Å²) in [6, 6.07) is 0. The van der Waals surface area contributed by atoms with Crippen LogP contribution in [-0.4, -0.2) is 26.2 Å². The van der Waals surface area contributed by atoms with Crippen LogP contribution >= 0.6 is 0 Å². The average molecular weight is 327 g/mol. The molecule has 23 heavy (non-hydrogen) atoms. The first-order chi connectivity index (χ1) is 11.2. The lowest BCUT2D eigenvalue weighted by Gasteiger charge is -2.17. The molecule has 0 bridgehead atoms. The van der Waals surface area contributed by atoms with E-state index < -0.39 is 0 Å². The fourth-order valence-electron chi connectivity index (χ4n) is 4.18. The predicted molar refractivity (Wildman–Crippen MR) is 106 cm³/mol. The molecule has 4 aliphatic rings. The van der Waals surface area contributed by atoms with Crippen LogP contribution < -0.4 is 10.6 Å². The number of piperidine rings is 2. The van der Waals surface area contributed by atoms with Crippen LogP contribution in [0, 0.1) is 29.1 Å². The van der Waals surface area contributed by atoms with Crippen molar-refractivity contribution in [2.45, 2.75) is 81.1 Å². The third kappa shape index (κ3) is 6.74. The standard InChI is InChI=1S/C8H15N.C7H13N.3C2H6/c1-2-6-7-3-4-9-5-8(6)7;1-7-2-3-8-5-6(7)4-7;3*1-2/h6-9H,2-5H2,1H3;6,8H,2-5H2,1H3;3*1-2H3/t6-,7?,8+;;;;/m0..../s1. The van der Waals surface area contributed by atoms with E-state index in [4.69, 9.17) is 0 Å². The summed E-state index contributed by atoms with van der Waals surface area (Å²) in [5, 5.41) is 6.84. The van der Waals surface area contributed by atoms with Gasteiger partial charge in [0.15, 0.2) is 0 Å². The Morgan fingerprint density at radius 3 is 1.87 bits per heavy atom. The van der Waals surface area contributed by atoms with Crippen molar-refractivity contribution in [1.82, 2.24) is 10.6 Å². The molecule has 5 atom stereocenters. The summed E-state index contributed by atoms with van der Waals surface area (Å²) in [6.07, 6.45) is 5.76. The van der Waals surface area contributed by atoms with Gasteiger partial charge in [-0.3, -0.25) is 0 Å². The zero-order valence-electron chi connectivity index (χ0n) is 17.5. The van der Waals surface area contributed by atoms with E-state index in [1.54, 1.807) is 0 Å². The number of fused-ring (bicyclic) bond motifs is 2. The van der Waals surface area contributed by atoms with E-state index in [-0.39, 0.29) is 0 Å². The average Bonchev–Trinajstić information content (AvgIpc) is 3.53. The lowest BCUT2D eigenvalue weighted by molar-refractivity contribution is 0.382. The Balaban J connectivity index is 0.000000321. The summed E-state index contributed by atoms with van der Waals surface area (Å²) in [5.41, 5.74) is 0.783. The molecule has 0 aromatic heterocycles. The molecule has 2 saturated heterocycles. The molecule has 2 nitrogen and oxygen atoms in total. The molecule has 2 heterocycles. The largest absolute Gasteiger partial charge is 0.316 e. The Morgan fingerprint density at radius 1 is 0.870 bits per heavy atom. The van der Waals surface area contributed by atoms with E-state index in [9.17, 15) is 0 Å². The van der Waals surface area contributed by atoms with Crippen molar-refractivity contribution in [1.29, 1.82) is 0 Å². The van der Waals surface area contributed by atoms with Crippen LogP contribution in [0.4, 0.5) is 0 Å². The second kappa shape index (κ2) is 12.3. The lowest BCUT2D eigenvalue weighted by atomic mass is 9.99. The molecule has 2 heteroatoms. The van der Waals surface area contributed by atoms with Gasteiger partial charge in [-0.1, -0.05) is 61.8 Å². The van der Waals surface area contributed by atoms with Gasteiger partial charge in [-0.15, -0.1) is 0 Å². The molecule has 0 spiro atoms. The van der Waals surface area contributed by atoms with Gasteiger partial charge in [0.2, 0.25) is 0 Å². The first-order valence-corrected chi connectivity index (χ1v) is 10.7. The van der Waals surface area contributed by atoms with Gasteiger partial charge >= 0.3 is 0 Å². The number of hydrogen-bond donors (Lipinski definition) is 2. The molecule has 2 saturated carbocycles. The Morgan fingerprint density at radius 2 is 1.48 bits per heavy atom. The normalized spacial score (nSPS) is 38.1. The highest BCUT2D eigenvalue weighted by Crippen LogP contribution is 2.55. The first-order valence-electron chi connectivity index (χ1n) is 10.7. The van der Waals surface area contributed by atoms with Gasteiger partial charge in [-0.2, -0.15) is 0 Å². The fourth-order valence-corrected chi connectivity index (χ4v) is 4.18. The van der Waals surface area contributed by atoms with Crippen molar-refractivity contribution in [3.05, 3.63) is 0 Å². The summed E-state index contributed by atoms with van der Waals surface area (Å²) in [5.74, 6) is 4.33. The van der Waals surface area contributed by atoms with E-state index in [1.165, 1.54) is 51.9 Å². The van der Waals surface area contributed by atoms with Crippen molar-refractivity contribution < 1.29 is 0 Å². The lowest BCUT2D eigenvalue weighted by Crippen LogP contribution is -2.27. The molecular formula is C21H46N2. The van der Waals surface area contributed by atoms with Gasteiger partial charge in [0.1, 0.15) is 0 Å². The minimum atomic E-state index is 0.783. The zero-order chi connectivity index (χ0) is 17.9. The van der Waals surface area contributed by atoms with Crippen LogP contribution in [0.15, 0.2) is 0 Å². The Kier molecular flexibility index (Phi) is 12.3. The van der Waals surface area contributed by atoms with Crippen LogP contribution in [0.25, 0.3) is 0 Å². The Bertz CT molecular complexity index is 258. The molecule has 4 fully saturated rings. The highest BCUT2D eigenvalue weighted by atomic mass is 14.9. The highest BCUT2D eigenvalue weighted by Gasteiger charge is 2.50. The minimum Gasteiger partial charge on any atom is -0.316 e. The summed E-state index contributed by atoms with van der Waals surface area (Å²) >= 11 is 0. The van der Waals surface area contributed by atoms with Crippen LogP contribution in [0.3, 0.4) is 0 Å². The van der Waals surface area contributed by atoms with Gasteiger partial charge in [-0.05, 0) is 74.5 Å². The summed E-state index contributed by atoms with van der Waals surface area (Å²) in [6.45, 7) is 21.9. The maximum absolute atomic E-state index is 3.44. The van der Waals surface area contributed by atoms with Crippen LogP contribution in [0.1, 0.15) is 81.1 Å². The SMILES string of the molecule is CC.CC.CC.CC12CCNCC1C2.CC[C@H]1C2CCNC[C@@H]21. The second-order valence-corrected chi connectivity index (χ2v) is 6.90. The monoisotopic (exact) mass is 326 g/mol. The van der Waals surface area contributed by atoms with E-state index in [2.05, 4.69) is 24.5 Å². The van der Waals surface area contributed by atoms with Crippen molar-refractivity contribution >= 4 is 0 Å². The van der Waals surface area contributed by atoms with Crippen LogP contribution in [0.5, 0.6) is 0 Å². The molecule has 0 aromatic carbocycles. The molecule has 2 aliphatic heterocycles. The summed E-state index contributed by atoms with van der Waals surface area (Å²) in [7, 11) is 0. The fraction of sp³-hybridized carbons (Fsp3) is 1.00.